The summed E-state index contributed by atoms with van der Waals surface area (Å²) in [4.78, 5) is 16.9. The predicted molar refractivity (Wildman–Crippen MR) is 103 cm³/mol. The van der Waals surface area contributed by atoms with Gasteiger partial charge in [-0.2, -0.15) is 0 Å². The minimum atomic E-state index is -0.0946. The molecular weight excluding hydrogens is 348 g/mol. The molecule has 0 aliphatic carbocycles. The highest BCUT2D eigenvalue weighted by Gasteiger charge is 2.14. The van der Waals surface area contributed by atoms with E-state index in [9.17, 15) is 4.79 Å². The van der Waals surface area contributed by atoms with Gasteiger partial charge in [-0.05, 0) is 35.9 Å². The van der Waals surface area contributed by atoms with Crippen LogP contribution in [-0.4, -0.2) is 10.9 Å². The van der Waals surface area contributed by atoms with E-state index in [0.29, 0.717) is 34.1 Å². The highest BCUT2D eigenvalue weighted by Crippen LogP contribution is 2.31. The van der Waals surface area contributed by atoms with Gasteiger partial charge in [-0.25, -0.2) is 4.98 Å². The van der Waals surface area contributed by atoms with Gasteiger partial charge < -0.3 is 9.73 Å². The molecule has 0 saturated heterocycles. The summed E-state index contributed by atoms with van der Waals surface area (Å²) in [6.45, 7) is 0. The van der Waals surface area contributed by atoms with Crippen LogP contribution in [0.5, 0.6) is 0 Å². The lowest BCUT2D eigenvalue weighted by Crippen LogP contribution is -2.14. The van der Waals surface area contributed by atoms with Gasteiger partial charge in [0, 0.05) is 5.02 Å². The molecule has 26 heavy (non-hydrogen) atoms. The van der Waals surface area contributed by atoms with Crippen molar-refractivity contribution in [1.29, 1.82) is 0 Å². The van der Waals surface area contributed by atoms with Gasteiger partial charge in [-0.15, -0.1) is 0 Å². The highest BCUT2D eigenvalue weighted by molar-refractivity contribution is 6.31. The zero-order chi connectivity index (χ0) is 17.9. The second-order valence-corrected chi connectivity index (χ2v) is 6.32. The Bertz CT molecular complexity index is 1070. The number of halogens is 1. The van der Waals surface area contributed by atoms with Crippen molar-refractivity contribution >= 4 is 34.3 Å². The van der Waals surface area contributed by atoms with Crippen LogP contribution >= 0.6 is 11.6 Å². The molecule has 0 atom stereocenters. The van der Waals surface area contributed by atoms with Gasteiger partial charge >= 0.3 is 0 Å². The molecule has 1 aromatic heterocycles. The lowest BCUT2D eigenvalue weighted by molar-refractivity contribution is -0.115. The van der Waals surface area contributed by atoms with Crippen LogP contribution in [0, 0.1) is 0 Å². The van der Waals surface area contributed by atoms with Crippen molar-refractivity contribution in [2.75, 3.05) is 5.32 Å². The van der Waals surface area contributed by atoms with Crippen LogP contribution in [0.3, 0.4) is 0 Å². The molecule has 5 heteroatoms. The first kappa shape index (κ1) is 16.4. The first-order valence-corrected chi connectivity index (χ1v) is 8.56. The Hall–Kier alpha value is -3.11. The second-order valence-electron chi connectivity index (χ2n) is 5.89. The molecule has 0 radical (unpaired) electrons. The Labute approximate surface area is 155 Å². The summed E-state index contributed by atoms with van der Waals surface area (Å²) >= 11 is 6.01. The van der Waals surface area contributed by atoms with Crippen LogP contribution < -0.4 is 5.32 Å². The first-order valence-electron chi connectivity index (χ1n) is 8.18. The third-order valence-corrected chi connectivity index (χ3v) is 4.22. The predicted octanol–water partition coefficient (Wildman–Crippen LogP) is 5.33. The van der Waals surface area contributed by atoms with E-state index in [1.165, 1.54) is 0 Å². The SMILES string of the molecule is O=C(Cc1ccccc1)Nc1ccccc1-c1nc2cc(Cl)ccc2o1. The van der Waals surface area contributed by atoms with Gasteiger partial charge in [0.1, 0.15) is 5.52 Å². The molecule has 0 saturated carbocycles. The molecular formula is C21H15ClN2O2. The zero-order valence-corrected chi connectivity index (χ0v) is 14.5. The fraction of sp³-hybridized carbons (Fsp3) is 0.0476. The molecule has 1 heterocycles. The minimum Gasteiger partial charge on any atom is -0.436 e. The molecule has 4 aromatic rings. The maximum absolute atomic E-state index is 12.4. The normalized spacial score (nSPS) is 10.8. The second kappa shape index (κ2) is 7.02. The summed E-state index contributed by atoms with van der Waals surface area (Å²) in [6.07, 6.45) is 0.304. The number of anilines is 1. The summed E-state index contributed by atoms with van der Waals surface area (Å²) in [7, 11) is 0. The molecule has 1 N–H and O–H groups in total. The minimum absolute atomic E-state index is 0.0946. The number of rotatable bonds is 4. The number of oxazole rings is 1. The third-order valence-electron chi connectivity index (χ3n) is 3.99. The Kier molecular flexibility index (Phi) is 4.42. The van der Waals surface area contributed by atoms with Crippen LogP contribution in [0.4, 0.5) is 5.69 Å². The van der Waals surface area contributed by atoms with Gasteiger partial charge in [0.05, 0.1) is 17.7 Å². The van der Waals surface area contributed by atoms with E-state index in [1.807, 2.05) is 54.6 Å². The number of carbonyl (C=O) groups is 1. The molecule has 0 spiro atoms. The number of amides is 1. The molecule has 0 fully saturated rings. The van der Waals surface area contributed by atoms with Crippen molar-refractivity contribution in [3.63, 3.8) is 0 Å². The number of para-hydroxylation sites is 1. The molecule has 0 aliphatic rings. The van der Waals surface area contributed by atoms with E-state index >= 15 is 0 Å². The number of fused-ring (bicyclic) bond motifs is 1. The van der Waals surface area contributed by atoms with Crippen LogP contribution in [0.2, 0.25) is 5.02 Å². The van der Waals surface area contributed by atoms with Crippen molar-refractivity contribution in [1.82, 2.24) is 4.98 Å². The number of carbonyl (C=O) groups excluding carboxylic acids is 1. The van der Waals surface area contributed by atoms with Crippen molar-refractivity contribution in [2.24, 2.45) is 0 Å². The Morgan fingerprint density at radius 3 is 2.62 bits per heavy atom. The van der Waals surface area contributed by atoms with E-state index in [4.69, 9.17) is 16.0 Å². The van der Waals surface area contributed by atoms with E-state index in [-0.39, 0.29) is 5.91 Å². The summed E-state index contributed by atoms with van der Waals surface area (Å²) in [6, 6.07) is 22.3. The molecule has 1 amide bonds. The van der Waals surface area contributed by atoms with Crippen LogP contribution in [-0.2, 0) is 11.2 Å². The number of benzene rings is 3. The van der Waals surface area contributed by atoms with E-state index in [1.54, 1.807) is 18.2 Å². The van der Waals surface area contributed by atoms with Gasteiger partial charge in [0.25, 0.3) is 0 Å². The average Bonchev–Trinajstić information content (AvgIpc) is 3.06. The number of nitrogens with one attached hydrogen (secondary N) is 1. The number of aromatic nitrogens is 1. The van der Waals surface area contributed by atoms with Crippen molar-refractivity contribution in [3.8, 4) is 11.5 Å². The first-order chi connectivity index (χ1) is 12.7. The lowest BCUT2D eigenvalue weighted by atomic mass is 10.1. The Morgan fingerprint density at radius 1 is 1.00 bits per heavy atom. The van der Waals surface area contributed by atoms with Gasteiger partial charge in [0.15, 0.2) is 5.58 Å². The Morgan fingerprint density at radius 2 is 1.77 bits per heavy atom. The maximum Gasteiger partial charge on any atom is 0.229 e. The molecule has 4 nitrogen and oxygen atoms in total. The third kappa shape index (κ3) is 3.46. The fourth-order valence-electron chi connectivity index (χ4n) is 2.77. The molecule has 0 aliphatic heterocycles. The Balaban J connectivity index is 1.62. The van der Waals surface area contributed by atoms with E-state index in [0.717, 1.165) is 11.1 Å². The summed E-state index contributed by atoms with van der Waals surface area (Å²) < 4.78 is 5.83. The lowest BCUT2D eigenvalue weighted by Gasteiger charge is -2.09. The number of hydrogen-bond donors (Lipinski definition) is 1. The van der Waals surface area contributed by atoms with E-state index < -0.39 is 0 Å². The molecule has 0 unspecified atom stereocenters. The van der Waals surface area contributed by atoms with Crippen LogP contribution in [0.15, 0.2) is 77.2 Å². The summed E-state index contributed by atoms with van der Waals surface area (Å²) in [5.41, 5.74) is 3.67. The standard InChI is InChI=1S/C21H15ClN2O2/c22-15-10-11-19-18(13-15)24-21(26-19)16-8-4-5-9-17(16)23-20(25)12-14-6-2-1-3-7-14/h1-11,13H,12H2,(H,23,25). The van der Waals surface area contributed by atoms with E-state index in [2.05, 4.69) is 10.3 Å². The highest BCUT2D eigenvalue weighted by atomic mass is 35.5. The number of hydrogen-bond acceptors (Lipinski definition) is 3. The smallest absolute Gasteiger partial charge is 0.229 e. The number of nitrogens with zero attached hydrogens (tertiary/aromatic N) is 1. The summed E-state index contributed by atoms with van der Waals surface area (Å²) in [5, 5.41) is 3.55. The molecule has 0 bridgehead atoms. The fourth-order valence-corrected chi connectivity index (χ4v) is 2.94. The van der Waals surface area contributed by atoms with Crippen molar-refractivity contribution in [2.45, 2.75) is 6.42 Å². The summed E-state index contributed by atoms with van der Waals surface area (Å²) in [5.74, 6) is 0.348. The zero-order valence-electron chi connectivity index (χ0n) is 13.8. The molecule has 3 aromatic carbocycles. The monoisotopic (exact) mass is 362 g/mol. The largest absolute Gasteiger partial charge is 0.436 e. The van der Waals surface area contributed by atoms with Crippen LogP contribution in [0.1, 0.15) is 5.56 Å². The molecule has 4 rings (SSSR count). The van der Waals surface area contributed by atoms with Crippen molar-refractivity contribution < 1.29 is 9.21 Å². The van der Waals surface area contributed by atoms with Crippen molar-refractivity contribution in [3.05, 3.63) is 83.4 Å². The van der Waals surface area contributed by atoms with Gasteiger partial charge in [-0.3, -0.25) is 4.79 Å². The molecule has 128 valence electrons. The maximum atomic E-state index is 12.4. The van der Waals surface area contributed by atoms with Gasteiger partial charge in [0.2, 0.25) is 11.8 Å². The van der Waals surface area contributed by atoms with Crippen LogP contribution in [0.25, 0.3) is 22.6 Å². The average molecular weight is 363 g/mol. The quantitative estimate of drug-likeness (QED) is 0.534. The van der Waals surface area contributed by atoms with Gasteiger partial charge in [-0.1, -0.05) is 54.1 Å². The topological polar surface area (TPSA) is 55.1 Å².